The Kier molecular flexibility index (Phi) is 8.81. The zero-order valence-electron chi connectivity index (χ0n) is 30.6. The Hall–Kier alpha value is -3.82. The van der Waals surface area contributed by atoms with Crippen LogP contribution in [-0.2, 0) is 16.0 Å². The molecule has 9 nitrogen and oxygen atoms in total. The SMILES string of the molecule is [2H]C([2H])([2H])Oc1cc2c(cc1OC(C)C)C(c1ccc(Cl)cc1)N(c1ccc(N(C)C[C@H]3CC[C@H](N4CCN(C)C(=O)C4)CC3)nc1)C(=O)C2. The first-order chi connectivity index (χ1) is 23.8. The summed E-state index contributed by atoms with van der Waals surface area (Å²) in [6, 6.07) is 14.6. The minimum atomic E-state index is -2.68. The number of carbonyl (C=O) groups excluding carboxylic acids is 2. The Labute approximate surface area is 287 Å². The largest absolute Gasteiger partial charge is 0.493 e. The van der Waals surface area contributed by atoms with Crippen molar-refractivity contribution in [1.82, 2.24) is 14.8 Å². The summed E-state index contributed by atoms with van der Waals surface area (Å²) in [4.78, 5) is 39.1. The Morgan fingerprint density at radius 2 is 1.79 bits per heavy atom. The summed E-state index contributed by atoms with van der Waals surface area (Å²) >= 11 is 6.27. The highest BCUT2D eigenvalue weighted by Crippen LogP contribution is 2.44. The van der Waals surface area contributed by atoms with Crippen molar-refractivity contribution in [3.8, 4) is 11.5 Å². The molecule has 6 rings (SSSR count). The minimum Gasteiger partial charge on any atom is -0.493 e. The third-order valence-corrected chi connectivity index (χ3v) is 10.0. The van der Waals surface area contributed by atoms with E-state index in [9.17, 15) is 9.59 Å². The number of fused-ring (bicyclic) bond motifs is 1. The average Bonchev–Trinajstić information content (AvgIpc) is 3.06. The van der Waals surface area contributed by atoms with Crippen LogP contribution in [0.2, 0.25) is 5.02 Å². The first kappa shape index (κ1) is 29.3. The maximum absolute atomic E-state index is 14.0. The number of likely N-dealkylation sites (N-methyl/N-ethyl adjacent to an activating group) is 1. The van der Waals surface area contributed by atoms with Crippen LogP contribution >= 0.6 is 11.6 Å². The van der Waals surface area contributed by atoms with Crippen LogP contribution in [0.3, 0.4) is 0 Å². The number of nitrogens with zero attached hydrogens (tertiary/aromatic N) is 5. The summed E-state index contributed by atoms with van der Waals surface area (Å²) in [6.07, 6.45) is 5.97. The summed E-state index contributed by atoms with van der Waals surface area (Å²) in [5.74, 6) is 1.79. The van der Waals surface area contributed by atoms with E-state index in [1.807, 2.05) is 50.1 Å². The second-order valence-electron chi connectivity index (χ2n) is 13.4. The topological polar surface area (TPSA) is 78.5 Å². The second kappa shape index (κ2) is 14.1. The molecule has 1 saturated carbocycles. The average molecular weight is 663 g/mol. The van der Waals surface area contributed by atoms with Crippen LogP contribution in [0, 0.1) is 5.92 Å². The predicted octanol–water partition coefficient (Wildman–Crippen LogP) is 5.98. The van der Waals surface area contributed by atoms with Gasteiger partial charge in [-0.2, -0.15) is 0 Å². The van der Waals surface area contributed by atoms with E-state index in [1.165, 1.54) is 0 Å². The number of benzene rings is 2. The number of aromatic nitrogens is 1. The highest BCUT2D eigenvalue weighted by Gasteiger charge is 2.37. The lowest BCUT2D eigenvalue weighted by Gasteiger charge is -2.41. The normalized spacial score (nSPS) is 23.2. The smallest absolute Gasteiger partial charge is 0.236 e. The van der Waals surface area contributed by atoms with Crippen LogP contribution < -0.4 is 19.3 Å². The van der Waals surface area contributed by atoms with Crippen LogP contribution in [0.5, 0.6) is 11.5 Å². The lowest BCUT2D eigenvalue weighted by molar-refractivity contribution is -0.135. The quantitative estimate of drug-likeness (QED) is 0.279. The van der Waals surface area contributed by atoms with Crippen molar-refractivity contribution in [1.29, 1.82) is 0 Å². The molecule has 1 unspecified atom stereocenters. The molecule has 2 amide bonds. The van der Waals surface area contributed by atoms with Gasteiger partial charge < -0.3 is 19.3 Å². The van der Waals surface area contributed by atoms with Gasteiger partial charge in [0.05, 0.1) is 48.1 Å². The van der Waals surface area contributed by atoms with Gasteiger partial charge in [-0.3, -0.25) is 19.4 Å². The monoisotopic (exact) mass is 662 g/mol. The molecule has 1 aliphatic carbocycles. The van der Waals surface area contributed by atoms with Gasteiger partial charge >= 0.3 is 0 Å². The molecule has 0 spiro atoms. The standard InChI is InChI=1S/C37H46ClN5O4/c1-24(2)47-33-20-31-27(18-32(33)46-5)19-35(44)43(37(31)26-8-10-28(38)11-9-26)30-14-15-34(39-21-30)41(4)22-25-6-12-29(13-7-25)42-17-16-40(3)36(45)23-42/h8-11,14-15,18,20-21,24-25,29,37H,6-7,12-13,16-17,19,22-23H2,1-5H3/t25-,29-,37?/i5D3. The van der Waals surface area contributed by atoms with E-state index >= 15 is 0 Å². The number of anilines is 2. The van der Waals surface area contributed by atoms with Crippen LogP contribution in [0.25, 0.3) is 0 Å². The Morgan fingerprint density at radius 1 is 1.02 bits per heavy atom. The number of methoxy groups -OCH3 is 1. The Balaban J connectivity index is 1.22. The molecule has 0 N–H and O–H groups in total. The molecule has 3 aliphatic rings. The van der Waals surface area contributed by atoms with Gasteiger partial charge in [-0.25, -0.2) is 4.98 Å². The summed E-state index contributed by atoms with van der Waals surface area (Å²) in [6.45, 7) is 6.87. The summed E-state index contributed by atoms with van der Waals surface area (Å²) in [5, 5.41) is 0.574. The predicted molar refractivity (Wildman–Crippen MR) is 186 cm³/mol. The second-order valence-corrected chi connectivity index (χ2v) is 13.8. The highest BCUT2D eigenvalue weighted by molar-refractivity contribution is 6.30. The van der Waals surface area contributed by atoms with Crippen LogP contribution in [0.1, 0.15) is 66.4 Å². The van der Waals surface area contributed by atoms with Crippen LogP contribution in [0.4, 0.5) is 11.5 Å². The molecular formula is C37H46ClN5O4. The van der Waals surface area contributed by atoms with E-state index in [0.717, 1.165) is 62.3 Å². The van der Waals surface area contributed by atoms with E-state index in [4.69, 9.17) is 30.2 Å². The molecule has 1 atom stereocenters. The van der Waals surface area contributed by atoms with Crippen molar-refractivity contribution in [2.45, 2.75) is 64.1 Å². The Morgan fingerprint density at radius 3 is 2.45 bits per heavy atom. The lowest BCUT2D eigenvalue weighted by atomic mass is 9.84. The zero-order chi connectivity index (χ0) is 35.7. The van der Waals surface area contributed by atoms with Gasteiger partial charge in [0, 0.05) is 44.8 Å². The maximum atomic E-state index is 14.0. The number of amides is 2. The van der Waals surface area contributed by atoms with Crippen molar-refractivity contribution in [3.05, 3.63) is 76.4 Å². The van der Waals surface area contributed by atoms with E-state index in [1.54, 1.807) is 35.4 Å². The summed E-state index contributed by atoms with van der Waals surface area (Å²) in [5.41, 5.74) is 2.95. The molecule has 3 heterocycles. The fraction of sp³-hybridized carbons (Fsp3) is 0.486. The van der Waals surface area contributed by atoms with Crippen molar-refractivity contribution in [2.75, 3.05) is 57.1 Å². The van der Waals surface area contributed by atoms with Gasteiger partial charge in [-0.05, 0) is 98.5 Å². The number of halogens is 1. The number of piperazine rings is 1. The van der Waals surface area contributed by atoms with Gasteiger partial charge in [0.2, 0.25) is 11.8 Å². The number of pyridine rings is 1. The fourth-order valence-electron chi connectivity index (χ4n) is 7.26. The van der Waals surface area contributed by atoms with Gasteiger partial charge in [0.25, 0.3) is 0 Å². The van der Waals surface area contributed by atoms with Crippen molar-refractivity contribution >= 4 is 34.9 Å². The molecule has 2 aliphatic heterocycles. The molecule has 1 saturated heterocycles. The molecule has 2 fully saturated rings. The lowest BCUT2D eigenvalue weighted by Crippen LogP contribution is -2.53. The molecule has 250 valence electrons. The fourth-order valence-corrected chi connectivity index (χ4v) is 7.38. The van der Waals surface area contributed by atoms with Gasteiger partial charge in [-0.15, -0.1) is 0 Å². The van der Waals surface area contributed by atoms with Crippen molar-refractivity contribution in [2.24, 2.45) is 5.92 Å². The third kappa shape index (κ3) is 7.21. The Bertz CT molecular complexity index is 1680. The van der Waals surface area contributed by atoms with Gasteiger partial charge in [0.15, 0.2) is 11.5 Å². The van der Waals surface area contributed by atoms with Crippen molar-refractivity contribution < 1.29 is 23.2 Å². The number of hydrogen-bond donors (Lipinski definition) is 0. The molecule has 1 aromatic heterocycles. The van der Waals surface area contributed by atoms with E-state index < -0.39 is 13.1 Å². The molecule has 10 heteroatoms. The van der Waals surface area contributed by atoms with E-state index in [2.05, 4.69) is 16.8 Å². The molecular weight excluding hydrogens is 614 g/mol. The summed E-state index contributed by atoms with van der Waals surface area (Å²) < 4.78 is 34.4. The van der Waals surface area contributed by atoms with Gasteiger partial charge in [0.1, 0.15) is 5.82 Å². The zero-order valence-corrected chi connectivity index (χ0v) is 28.4. The first-order valence-corrected chi connectivity index (χ1v) is 16.9. The number of ether oxygens (including phenoxy) is 2. The maximum Gasteiger partial charge on any atom is 0.236 e. The number of hydrogen-bond acceptors (Lipinski definition) is 7. The van der Waals surface area contributed by atoms with Crippen LogP contribution in [-0.4, -0.2) is 86.1 Å². The number of carbonyl (C=O) groups is 2. The molecule has 2 aromatic carbocycles. The first-order valence-electron chi connectivity index (χ1n) is 18.0. The van der Waals surface area contributed by atoms with Crippen LogP contribution in [0.15, 0.2) is 54.7 Å². The van der Waals surface area contributed by atoms with E-state index in [-0.39, 0.29) is 30.1 Å². The molecule has 3 aromatic rings. The minimum absolute atomic E-state index is 0.0470. The summed E-state index contributed by atoms with van der Waals surface area (Å²) in [7, 11) is 1.25. The van der Waals surface area contributed by atoms with Crippen molar-refractivity contribution in [3.63, 3.8) is 0 Å². The molecule has 0 bridgehead atoms. The van der Waals surface area contributed by atoms with E-state index in [0.29, 0.717) is 40.5 Å². The molecule has 47 heavy (non-hydrogen) atoms. The van der Waals surface area contributed by atoms with Gasteiger partial charge in [-0.1, -0.05) is 23.7 Å². The third-order valence-electron chi connectivity index (χ3n) is 9.78. The number of rotatable bonds is 9. The highest BCUT2D eigenvalue weighted by atomic mass is 35.5. The molecule has 0 radical (unpaired) electrons.